The number of rotatable bonds is 6. The van der Waals surface area contributed by atoms with Gasteiger partial charge in [-0.3, -0.25) is 0 Å². The first-order valence-corrected chi connectivity index (χ1v) is 7.77. The fourth-order valence-electron chi connectivity index (χ4n) is 2.18. The van der Waals surface area contributed by atoms with E-state index in [1.54, 1.807) is 0 Å². The van der Waals surface area contributed by atoms with Crippen LogP contribution in [0.4, 0.5) is 0 Å². The molecule has 0 aromatic heterocycles. The Morgan fingerprint density at radius 2 is 1.60 bits per heavy atom. The van der Waals surface area contributed by atoms with Gasteiger partial charge in [0.25, 0.3) is 0 Å². The van der Waals surface area contributed by atoms with Crippen LogP contribution in [0.3, 0.4) is 0 Å². The van der Waals surface area contributed by atoms with Gasteiger partial charge in [0.1, 0.15) is 5.75 Å². The molecule has 1 aromatic rings. The predicted molar refractivity (Wildman–Crippen MR) is 86.4 cm³/mol. The van der Waals surface area contributed by atoms with Gasteiger partial charge in [0.2, 0.25) is 0 Å². The average Bonchev–Trinajstić information content (AvgIpc) is 2.31. The van der Waals surface area contributed by atoms with Crippen molar-refractivity contribution >= 4 is 0 Å². The van der Waals surface area contributed by atoms with Gasteiger partial charge in [-0.05, 0) is 50.7 Å². The Kier molecular flexibility index (Phi) is 6.07. The molecule has 0 saturated carbocycles. The van der Waals surface area contributed by atoms with E-state index in [0.717, 1.165) is 18.8 Å². The van der Waals surface area contributed by atoms with E-state index < -0.39 is 0 Å². The molecule has 0 aliphatic carbocycles. The van der Waals surface area contributed by atoms with Crippen molar-refractivity contribution < 1.29 is 10.1 Å². The molecule has 0 unspecified atom stereocenters. The van der Waals surface area contributed by atoms with Gasteiger partial charge in [-0.15, -0.1) is 0 Å². The number of ether oxygens (including phenoxy) is 1. The largest absolute Gasteiger partial charge is 0.493 e. The SMILES string of the molecule is CC(C)(C)[NH2+]CCCCOc1ccccc1C(C)(C)C. The molecule has 0 aliphatic heterocycles. The fraction of sp³-hybridized carbons (Fsp3) is 0.667. The maximum atomic E-state index is 5.98. The van der Waals surface area contributed by atoms with Crippen LogP contribution in [0.25, 0.3) is 0 Å². The van der Waals surface area contributed by atoms with E-state index in [-0.39, 0.29) is 5.41 Å². The van der Waals surface area contributed by atoms with Gasteiger partial charge in [-0.1, -0.05) is 39.0 Å². The van der Waals surface area contributed by atoms with Crippen molar-refractivity contribution in [1.29, 1.82) is 0 Å². The van der Waals surface area contributed by atoms with Gasteiger partial charge >= 0.3 is 0 Å². The van der Waals surface area contributed by atoms with Crippen molar-refractivity contribution in [2.45, 2.75) is 65.3 Å². The summed E-state index contributed by atoms with van der Waals surface area (Å²) < 4.78 is 5.98. The predicted octanol–water partition coefficient (Wildman–Crippen LogP) is 3.51. The topological polar surface area (TPSA) is 25.8 Å². The normalized spacial score (nSPS) is 12.5. The van der Waals surface area contributed by atoms with Crippen molar-refractivity contribution in [2.24, 2.45) is 0 Å². The third-order valence-electron chi connectivity index (χ3n) is 3.31. The number of unbranched alkanes of at least 4 members (excludes halogenated alkanes) is 1. The number of quaternary nitrogens is 1. The average molecular weight is 278 g/mol. The molecule has 0 amide bonds. The van der Waals surface area contributed by atoms with Gasteiger partial charge in [-0.2, -0.15) is 0 Å². The molecule has 1 aromatic carbocycles. The minimum absolute atomic E-state index is 0.136. The Labute approximate surface area is 124 Å². The summed E-state index contributed by atoms with van der Waals surface area (Å²) in [5, 5.41) is 2.40. The minimum Gasteiger partial charge on any atom is -0.493 e. The molecular formula is C18H32NO+. The summed E-state index contributed by atoms with van der Waals surface area (Å²) in [5.41, 5.74) is 1.76. The highest BCUT2D eigenvalue weighted by atomic mass is 16.5. The summed E-state index contributed by atoms with van der Waals surface area (Å²) in [6.07, 6.45) is 2.32. The van der Waals surface area contributed by atoms with Crippen LogP contribution in [0.15, 0.2) is 24.3 Å². The molecule has 0 atom stereocenters. The lowest BCUT2D eigenvalue weighted by Crippen LogP contribution is -2.94. The van der Waals surface area contributed by atoms with Crippen molar-refractivity contribution in [3.63, 3.8) is 0 Å². The summed E-state index contributed by atoms with van der Waals surface area (Å²) in [5.74, 6) is 1.04. The second-order valence-corrected chi connectivity index (χ2v) is 7.66. The molecule has 20 heavy (non-hydrogen) atoms. The summed E-state index contributed by atoms with van der Waals surface area (Å²) >= 11 is 0. The van der Waals surface area contributed by atoms with Crippen LogP contribution in [0, 0.1) is 0 Å². The summed E-state index contributed by atoms with van der Waals surface area (Å²) in [4.78, 5) is 0. The lowest BCUT2D eigenvalue weighted by atomic mass is 9.86. The second kappa shape index (κ2) is 7.12. The summed E-state index contributed by atoms with van der Waals surface area (Å²) in [6.45, 7) is 15.4. The Balaban J connectivity index is 2.36. The number of hydrogen-bond acceptors (Lipinski definition) is 1. The highest BCUT2D eigenvalue weighted by molar-refractivity contribution is 5.38. The van der Waals surface area contributed by atoms with Crippen LogP contribution in [0.2, 0.25) is 0 Å². The second-order valence-electron chi connectivity index (χ2n) is 7.66. The van der Waals surface area contributed by atoms with E-state index >= 15 is 0 Å². The molecule has 0 saturated heterocycles. The van der Waals surface area contributed by atoms with Crippen LogP contribution in [0.5, 0.6) is 5.75 Å². The first-order chi connectivity index (χ1) is 9.20. The molecule has 0 aliphatic rings. The van der Waals surface area contributed by atoms with E-state index in [2.05, 4.69) is 71.1 Å². The molecule has 0 fully saturated rings. The minimum atomic E-state index is 0.136. The first-order valence-electron chi connectivity index (χ1n) is 7.77. The molecule has 2 heteroatoms. The Bertz CT molecular complexity index is 399. The Morgan fingerprint density at radius 1 is 0.950 bits per heavy atom. The molecule has 2 N–H and O–H groups in total. The standard InChI is InChI=1S/C18H31NO/c1-17(2,3)15-11-7-8-12-16(15)20-14-10-9-13-19-18(4,5)6/h7-8,11-12,19H,9-10,13-14H2,1-6H3/p+1. The van der Waals surface area contributed by atoms with Crippen molar-refractivity contribution in [2.75, 3.05) is 13.2 Å². The first kappa shape index (κ1) is 17.0. The van der Waals surface area contributed by atoms with Gasteiger partial charge in [0, 0.05) is 0 Å². The molecule has 0 bridgehead atoms. The molecule has 114 valence electrons. The van der Waals surface area contributed by atoms with Crippen LogP contribution < -0.4 is 10.1 Å². The van der Waals surface area contributed by atoms with E-state index in [0.29, 0.717) is 5.54 Å². The Morgan fingerprint density at radius 3 is 2.20 bits per heavy atom. The van der Waals surface area contributed by atoms with Crippen molar-refractivity contribution in [3.05, 3.63) is 29.8 Å². The number of nitrogens with two attached hydrogens (primary N) is 1. The van der Waals surface area contributed by atoms with Crippen molar-refractivity contribution in [3.8, 4) is 5.75 Å². The zero-order valence-corrected chi connectivity index (χ0v) is 14.1. The molecule has 2 nitrogen and oxygen atoms in total. The van der Waals surface area contributed by atoms with Crippen LogP contribution >= 0.6 is 0 Å². The molecule has 0 heterocycles. The highest BCUT2D eigenvalue weighted by Crippen LogP contribution is 2.30. The smallest absolute Gasteiger partial charge is 0.123 e. The third-order valence-corrected chi connectivity index (χ3v) is 3.31. The lowest BCUT2D eigenvalue weighted by molar-refractivity contribution is -0.717. The highest BCUT2D eigenvalue weighted by Gasteiger charge is 2.18. The lowest BCUT2D eigenvalue weighted by Gasteiger charge is -2.22. The van der Waals surface area contributed by atoms with Gasteiger partial charge in [-0.25, -0.2) is 0 Å². The zero-order valence-electron chi connectivity index (χ0n) is 14.1. The molecule has 1 rings (SSSR count). The van der Waals surface area contributed by atoms with Gasteiger partial charge < -0.3 is 10.1 Å². The van der Waals surface area contributed by atoms with E-state index in [4.69, 9.17) is 4.74 Å². The number of para-hydroxylation sites is 1. The Hall–Kier alpha value is -1.02. The van der Waals surface area contributed by atoms with E-state index in [1.807, 2.05) is 0 Å². The third kappa shape index (κ3) is 6.42. The number of hydrogen-bond donors (Lipinski definition) is 1. The summed E-state index contributed by atoms with van der Waals surface area (Å²) in [6, 6.07) is 8.40. The van der Waals surface area contributed by atoms with Crippen molar-refractivity contribution in [1.82, 2.24) is 0 Å². The summed E-state index contributed by atoms with van der Waals surface area (Å²) in [7, 11) is 0. The van der Waals surface area contributed by atoms with Crippen LogP contribution in [0.1, 0.15) is 59.9 Å². The van der Waals surface area contributed by atoms with Crippen LogP contribution in [-0.2, 0) is 5.41 Å². The fourth-order valence-corrected chi connectivity index (χ4v) is 2.18. The van der Waals surface area contributed by atoms with Crippen LogP contribution in [-0.4, -0.2) is 18.7 Å². The maximum absolute atomic E-state index is 5.98. The quantitative estimate of drug-likeness (QED) is 0.792. The maximum Gasteiger partial charge on any atom is 0.123 e. The number of benzene rings is 1. The van der Waals surface area contributed by atoms with E-state index in [9.17, 15) is 0 Å². The monoisotopic (exact) mass is 278 g/mol. The molecule has 0 spiro atoms. The molecular weight excluding hydrogens is 246 g/mol. The van der Waals surface area contributed by atoms with Gasteiger partial charge in [0.15, 0.2) is 0 Å². The van der Waals surface area contributed by atoms with E-state index in [1.165, 1.54) is 18.5 Å². The molecule has 0 radical (unpaired) electrons. The van der Waals surface area contributed by atoms with Gasteiger partial charge in [0.05, 0.1) is 18.7 Å². The zero-order chi connectivity index (χ0) is 15.2.